The lowest BCUT2D eigenvalue weighted by molar-refractivity contribution is -0.140. The van der Waals surface area contributed by atoms with E-state index in [9.17, 15) is 35.9 Å². The van der Waals surface area contributed by atoms with Gasteiger partial charge in [-0.05, 0) is 99.5 Å². The number of thioether (sulfide) groups is 2. The Hall–Kier alpha value is -5.04. The first-order chi connectivity index (χ1) is 28.3. The van der Waals surface area contributed by atoms with Crippen LogP contribution < -0.4 is 9.47 Å². The van der Waals surface area contributed by atoms with Crippen LogP contribution in [0.3, 0.4) is 0 Å². The lowest BCUT2D eigenvalue weighted by Gasteiger charge is -2.08. The molecule has 8 nitrogen and oxygen atoms in total. The molecule has 6 aromatic rings. The number of aromatic nitrogens is 2. The van der Waals surface area contributed by atoms with E-state index in [1.54, 1.807) is 35.7 Å². The number of ether oxygens (including phenoxy) is 2. The summed E-state index contributed by atoms with van der Waals surface area (Å²) in [6, 6.07) is 21.1. The lowest BCUT2D eigenvalue weighted by Crippen LogP contribution is -2.09. The fourth-order valence-electron chi connectivity index (χ4n) is 5.30. The summed E-state index contributed by atoms with van der Waals surface area (Å²) in [5, 5.41) is 18.8. The van der Waals surface area contributed by atoms with Crippen LogP contribution in [-0.4, -0.2) is 45.3 Å². The molecule has 0 aliphatic heterocycles. The summed E-state index contributed by atoms with van der Waals surface area (Å²) in [6.45, 7) is 6.69. The van der Waals surface area contributed by atoms with Gasteiger partial charge in [0.2, 0.25) is 0 Å². The van der Waals surface area contributed by atoms with Gasteiger partial charge in [0.05, 0.1) is 22.5 Å². The van der Waals surface area contributed by atoms with Gasteiger partial charge in [0.1, 0.15) is 21.5 Å². The highest BCUT2D eigenvalue weighted by molar-refractivity contribution is 7.99. The first-order valence-corrected chi connectivity index (χ1v) is 21.3. The molecule has 316 valence electrons. The third kappa shape index (κ3) is 13.0. The molecular formula is C42H36F6N2O6S4. The van der Waals surface area contributed by atoms with E-state index in [0.717, 1.165) is 66.3 Å². The summed E-state index contributed by atoms with van der Waals surface area (Å²) >= 11 is 6.12. The van der Waals surface area contributed by atoms with Crippen molar-refractivity contribution in [3.8, 4) is 32.6 Å². The van der Waals surface area contributed by atoms with Crippen LogP contribution in [0.15, 0.2) is 94.7 Å². The van der Waals surface area contributed by atoms with Crippen molar-refractivity contribution >= 4 is 58.1 Å². The van der Waals surface area contributed by atoms with Crippen LogP contribution in [0.4, 0.5) is 26.3 Å². The highest BCUT2D eigenvalue weighted by Crippen LogP contribution is 2.38. The van der Waals surface area contributed by atoms with Gasteiger partial charge in [-0.15, -0.1) is 46.2 Å². The van der Waals surface area contributed by atoms with Crippen molar-refractivity contribution in [1.29, 1.82) is 0 Å². The number of rotatable bonds is 14. The molecule has 0 radical (unpaired) electrons. The number of nitrogens with zero attached hydrogens (tertiary/aromatic N) is 2. The number of alkyl halides is 6. The molecule has 2 heterocycles. The molecule has 60 heavy (non-hydrogen) atoms. The maximum absolute atomic E-state index is 12.7. The Kier molecular flexibility index (Phi) is 15.4. The van der Waals surface area contributed by atoms with Crippen molar-refractivity contribution in [3.63, 3.8) is 0 Å². The molecule has 2 N–H and O–H groups in total. The maximum Gasteiger partial charge on any atom is 0.416 e. The highest BCUT2D eigenvalue weighted by atomic mass is 32.2. The van der Waals surface area contributed by atoms with E-state index in [1.807, 2.05) is 52.0 Å². The predicted molar refractivity (Wildman–Crippen MR) is 222 cm³/mol. The summed E-state index contributed by atoms with van der Waals surface area (Å²) in [7, 11) is 0. The second-order valence-electron chi connectivity index (χ2n) is 13.0. The fraction of sp³-hybridized carbons (Fsp3) is 0.238. The average Bonchev–Trinajstić information content (AvgIpc) is 3.76. The molecule has 0 bridgehead atoms. The fourth-order valence-corrected chi connectivity index (χ4v) is 9.71. The topological polar surface area (TPSA) is 119 Å². The number of thiazole rings is 2. The zero-order chi connectivity index (χ0) is 43.8. The number of halogens is 6. The quantitative estimate of drug-likeness (QED) is 0.0808. The first kappa shape index (κ1) is 46.0. The predicted octanol–water partition coefficient (Wildman–Crippen LogP) is 12.4. The summed E-state index contributed by atoms with van der Waals surface area (Å²) in [5.41, 5.74) is 3.33. The minimum atomic E-state index is -4.36. The van der Waals surface area contributed by atoms with Crippen molar-refractivity contribution < 1.29 is 55.6 Å². The molecule has 0 saturated carbocycles. The molecule has 18 heteroatoms. The summed E-state index contributed by atoms with van der Waals surface area (Å²) in [6.07, 6.45) is -8.71. The third-order valence-corrected chi connectivity index (χ3v) is 13.3. The van der Waals surface area contributed by atoms with Gasteiger partial charge in [0.25, 0.3) is 0 Å². The minimum absolute atomic E-state index is 0.389. The number of carbonyl (C=O) groups is 2. The van der Waals surface area contributed by atoms with Gasteiger partial charge in [0.15, 0.2) is 13.2 Å². The molecule has 4 aromatic carbocycles. The molecule has 0 amide bonds. The average molecular weight is 907 g/mol. The Morgan fingerprint density at radius 2 is 0.933 bits per heavy atom. The van der Waals surface area contributed by atoms with Crippen molar-refractivity contribution in [2.24, 2.45) is 0 Å². The molecular weight excluding hydrogens is 871 g/mol. The van der Waals surface area contributed by atoms with Gasteiger partial charge in [-0.25, -0.2) is 19.6 Å². The van der Waals surface area contributed by atoms with Gasteiger partial charge in [-0.3, -0.25) is 0 Å². The van der Waals surface area contributed by atoms with Gasteiger partial charge in [-0.2, -0.15) is 26.3 Å². The minimum Gasteiger partial charge on any atom is -0.482 e. The number of aliphatic carboxylic acids is 2. The van der Waals surface area contributed by atoms with Crippen molar-refractivity contribution in [2.45, 2.75) is 61.3 Å². The first-order valence-electron chi connectivity index (χ1n) is 17.7. The van der Waals surface area contributed by atoms with E-state index >= 15 is 0 Å². The number of hydrogen-bond donors (Lipinski definition) is 2. The van der Waals surface area contributed by atoms with Crippen LogP contribution in [0.5, 0.6) is 11.5 Å². The summed E-state index contributed by atoms with van der Waals surface area (Å²) < 4.78 is 86.9. The summed E-state index contributed by atoms with van der Waals surface area (Å²) in [4.78, 5) is 34.3. The molecule has 0 aliphatic carbocycles. The number of benzene rings is 4. The van der Waals surface area contributed by atoms with Crippen LogP contribution in [0.2, 0.25) is 0 Å². The maximum atomic E-state index is 12.7. The largest absolute Gasteiger partial charge is 0.482 e. The second kappa shape index (κ2) is 20.0. The molecule has 0 spiro atoms. The molecule has 0 saturated heterocycles. The highest BCUT2D eigenvalue weighted by Gasteiger charge is 2.31. The molecule has 0 unspecified atom stereocenters. The van der Waals surface area contributed by atoms with Crippen molar-refractivity contribution in [3.05, 3.63) is 128 Å². The zero-order valence-electron chi connectivity index (χ0n) is 32.2. The normalized spacial score (nSPS) is 11.5. The Morgan fingerprint density at radius 3 is 1.23 bits per heavy atom. The van der Waals surface area contributed by atoms with E-state index in [2.05, 4.69) is 9.97 Å². The van der Waals surface area contributed by atoms with Gasteiger partial charge in [0, 0.05) is 42.2 Å². The standard InChI is InChI=1S/2C21H18F3NO3S2/c2*1-12-9-16(7-8-17(12)28-10-19(26)27)29-11-18-13(2)25-20(30-18)14-3-5-15(6-4-14)21(22,23)24/h2*3-9H,10-11H2,1-2H3,(H,26,27). The van der Waals surface area contributed by atoms with Crippen LogP contribution >= 0.6 is 46.2 Å². The van der Waals surface area contributed by atoms with E-state index in [-0.39, 0.29) is 13.2 Å². The van der Waals surface area contributed by atoms with Crippen LogP contribution in [0, 0.1) is 27.7 Å². The van der Waals surface area contributed by atoms with Crippen LogP contribution in [0.1, 0.15) is 43.4 Å². The number of hydrogen-bond acceptors (Lipinski definition) is 10. The second-order valence-corrected chi connectivity index (χ2v) is 17.3. The Labute approximate surface area is 357 Å². The lowest BCUT2D eigenvalue weighted by atomic mass is 10.1. The third-order valence-electron chi connectivity index (χ3n) is 8.44. The van der Waals surface area contributed by atoms with Crippen molar-refractivity contribution in [2.75, 3.05) is 13.2 Å². The smallest absolute Gasteiger partial charge is 0.416 e. The number of aryl methyl sites for hydroxylation is 4. The van der Waals surface area contributed by atoms with Crippen LogP contribution in [-0.2, 0) is 33.4 Å². The van der Waals surface area contributed by atoms with E-state index in [0.29, 0.717) is 44.1 Å². The van der Waals surface area contributed by atoms with E-state index in [1.165, 1.54) is 46.9 Å². The molecule has 0 atom stereocenters. The molecule has 2 aromatic heterocycles. The SMILES string of the molecule is Cc1cc(SCc2sc(-c3ccc(C(F)(F)F)cc3)nc2C)ccc1OCC(=O)O.Cc1cc(SCc2sc(-c3ccc(C(F)(F)F)cc3)nc2C)ccc1OCC(=O)O. The number of carboxylic acid groups (broad SMARTS) is 2. The van der Waals surface area contributed by atoms with E-state index in [4.69, 9.17) is 19.7 Å². The molecule has 0 aliphatic rings. The van der Waals surface area contributed by atoms with E-state index < -0.39 is 35.4 Å². The Morgan fingerprint density at radius 1 is 0.583 bits per heavy atom. The van der Waals surface area contributed by atoms with Gasteiger partial charge in [-0.1, -0.05) is 24.3 Å². The Balaban J connectivity index is 0.000000228. The zero-order valence-corrected chi connectivity index (χ0v) is 35.5. The number of carboxylic acids is 2. The van der Waals surface area contributed by atoms with Crippen molar-refractivity contribution in [1.82, 2.24) is 9.97 Å². The monoisotopic (exact) mass is 906 g/mol. The Bertz CT molecular complexity index is 2260. The van der Waals surface area contributed by atoms with Crippen LogP contribution in [0.25, 0.3) is 21.1 Å². The summed E-state index contributed by atoms with van der Waals surface area (Å²) in [5.74, 6) is 0.327. The molecule has 0 fully saturated rings. The molecule has 6 rings (SSSR count). The van der Waals surface area contributed by atoms with Gasteiger partial charge < -0.3 is 19.7 Å². The van der Waals surface area contributed by atoms with Gasteiger partial charge >= 0.3 is 24.3 Å².